The first-order valence-electron chi connectivity index (χ1n) is 4.43. The maximum atomic E-state index is 11.6. The van der Waals surface area contributed by atoms with E-state index in [1.54, 1.807) is 7.05 Å². The highest BCUT2D eigenvalue weighted by atomic mass is 16.1. The second kappa shape index (κ2) is 4.19. The summed E-state index contributed by atoms with van der Waals surface area (Å²) in [6, 6.07) is 7.53. The molecule has 1 aromatic rings. The zero-order chi connectivity index (χ0) is 9.84. The Hall–Kier alpha value is -1.15. The van der Waals surface area contributed by atoms with E-state index in [0.29, 0.717) is 0 Å². The quantitative estimate of drug-likeness (QED) is 0.713. The van der Waals surface area contributed by atoms with Gasteiger partial charge in [0.2, 0.25) is 0 Å². The summed E-state index contributed by atoms with van der Waals surface area (Å²) in [7, 11) is 1.79. The lowest BCUT2D eigenvalue weighted by molar-refractivity contribution is 0.0955. The Labute approximate surface area is 79.0 Å². The van der Waals surface area contributed by atoms with E-state index in [4.69, 9.17) is 0 Å². The summed E-state index contributed by atoms with van der Waals surface area (Å²) >= 11 is 0. The van der Waals surface area contributed by atoms with Crippen molar-refractivity contribution in [3.8, 4) is 0 Å². The van der Waals surface area contributed by atoms with E-state index in [1.165, 1.54) is 5.56 Å². The van der Waals surface area contributed by atoms with Crippen LogP contribution in [0.25, 0.3) is 0 Å². The molecule has 0 radical (unpaired) electrons. The number of benzene rings is 1. The summed E-state index contributed by atoms with van der Waals surface area (Å²) in [4.78, 5) is 11.6. The smallest absolute Gasteiger partial charge is 0.179 e. The highest BCUT2D eigenvalue weighted by Crippen LogP contribution is 2.05. The minimum atomic E-state index is -0.109. The number of likely N-dealkylation sites (N-methyl/N-ethyl adjacent to an activating group) is 1. The lowest BCUT2D eigenvalue weighted by Gasteiger charge is -2.08. The second-order valence-corrected chi connectivity index (χ2v) is 3.24. The van der Waals surface area contributed by atoms with Crippen molar-refractivity contribution in [3.63, 3.8) is 0 Å². The van der Waals surface area contributed by atoms with Crippen LogP contribution in [0.2, 0.25) is 0 Å². The van der Waals surface area contributed by atoms with Gasteiger partial charge in [0, 0.05) is 5.56 Å². The molecular formula is C11H15NO. The fraction of sp³-hybridized carbons (Fsp3) is 0.364. The highest BCUT2D eigenvalue weighted by molar-refractivity contribution is 5.99. The van der Waals surface area contributed by atoms with Gasteiger partial charge in [0.15, 0.2) is 5.78 Å². The predicted octanol–water partition coefficient (Wildman–Crippen LogP) is 1.79. The number of carbonyl (C=O) groups is 1. The molecule has 0 aliphatic heterocycles. The first-order valence-corrected chi connectivity index (χ1v) is 4.43. The van der Waals surface area contributed by atoms with Crippen molar-refractivity contribution in [1.82, 2.24) is 5.32 Å². The third-order valence-corrected chi connectivity index (χ3v) is 2.16. The van der Waals surface area contributed by atoms with Crippen LogP contribution in [0.1, 0.15) is 22.8 Å². The molecule has 0 aliphatic rings. The number of nitrogens with one attached hydrogen (secondary N) is 1. The van der Waals surface area contributed by atoms with E-state index >= 15 is 0 Å². The fourth-order valence-corrected chi connectivity index (χ4v) is 1.10. The maximum absolute atomic E-state index is 11.6. The molecule has 1 rings (SSSR count). The first kappa shape index (κ1) is 9.93. The summed E-state index contributed by atoms with van der Waals surface area (Å²) in [6.07, 6.45) is 0. The van der Waals surface area contributed by atoms with Crippen LogP contribution < -0.4 is 5.32 Å². The maximum Gasteiger partial charge on any atom is 0.179 e. The number of aryl methyl sites for hydroxylation is 1. The molecule has 0 heterocycles. The second-order valence-electron chi connectivity index (χ2n) is 3.24. The normalized spacial score (nSPS) is 12.5. The standard InChI is InChI=1S/C11H15NO/c1-8-4-6-10(7-5-8)11(13)9(2)12-3/h4-7,9,12H,1-3H3/t9-/m0/s1. The van der Waals surface area contributed by atoms with Crippen LogP contribution in [0.15, 0.2) is 24.3 Å². The molecule has 1 atom stereocenters. The van der Waals surface area contributed by atoms with Crippen molar-refractivity contribution in [1.29, 1.82) is 0 Å². The Balaban J connectivity index is 2.83. The van der Waals surface area contributed by atoms with Gasteiger partial charge in [-0.25, -0.2) is 0 Å². The molecule has 0 saturated heterocycles. The van der Waals surface area contributed by atoms with Crippen molar-refractivity contribution in [2.45, 2.75) is 19.9 Å². The van der Waals surface area contributed by atoms with E-state index < -0.39 is 0 Å². The van der Waals surface area contributed by atoms with Crippen molar-refractivity contribution < 1.29 is 4.79 Å². The molecule has 0 saturated carbocycles. The van der Waals surface area contributed by atoms with Crippen LogP contribution in [0.4, 0.5) is 0 Å². The summed E-state index contributed by atoms with van der Waals surface area (Å²) in [5.41, 5.74) is 1.95. The summed E-state index contributed by atoms with van der Waals surface area (Å²) in [6.45, 7) is 3.87. The summed E-state index contributed by atoms with van der Waals surface area (Å²) < 4.78 is 0. The topological polar surface area (TPSA) is 29.1 Å². The van der Waals surface area contributed by atoms with Gasteiger partial charge in [0.05, 0.1) is 6.04 Å². The molecule has 13 heavy (non-hydrogen) atoms. The van der Waals surface area contributed by atoms with Crippen LogP contribution in [-0.2, 0) is 0 Å². The Morgan fingerprint density at radius 2 is 1.85 bits per heavy atom. The Kier molecular flexibility index (Phi) is 3.20. The Bertz CT molecular complexity index is 289. The molecule has 2 nitrogen and oxygen atoms in total. The van der Waals surface area contributed by atoms with E-state index in [2.05, 4.69) is 5.32 Å². The van der Waals surface area contributed by atoms with Gasteiger partial charge in [-0.1, -0.05) is 29.8 Å². The molecule has 0 aromatic heterocycles. The van der Waals surface area contributed by atoms with E-state index in [9.17, 15) is 4.79 Å². The van der Waals surface area contributed by atoms with E-state index in [-0.39, 0.29) is 11.8 Å². The van der Waals surface area contributed by atoms with Crippen molar-refractivity contribution in [3.05, 3.63) is 35.4 Å². The third kappa shape index (κ3) is 2.39. The average molecular weight is 177 g/mol. The number of rotatable bonds is 3. The van der Waals surface area contributed by atoms with Crippen molar-refractivity contribution >= 4 is 5.78 Å². The molecule has 1 aromatic carbocycles. The zero-order valence-electron chi connectivity index (χ0n) is 8.29. The zero-order valence-corrected chi connectivity index (χ0v) is 8.29. The fourth-order valence-electron chi connectivity index (χ4n) is 1.10. The minimum Gasteiger partial charge on any atom is -0.310 e. The molecule has 0 spiro atoms. The molecule has 2 heteroatoms. The van der Waals surface area contributed by atoms with Crippen LogP contribution in [0, 0.1) is 6.92 Å². The monoisotopic (exact) mass is 177 g/mol. The van der Waals surface area contributed by atoms with Crippen LogP contribution >= 0.6 is 0 Å². The predicted molar refractivity (Wildman–Crippen MR) is 54.0 cm³/mol. The molecule has 0 amide bonds. The van der Waals surface area contributed by atoms with Crippen LogP contribution in [-0.4, -0.2) is 18.9 Å². The third-order valence-electron chi connectivity index (χ3n) is 2.16. The highest BCUT2D eigenvalue weighted by Gasteiger charge is 2.11. The molecule has 70 valence electrons. The van der Waals surface area contributed by atoms with Gasteiger partial charge < -0.3 is 5.32 Å². The molecule has 0 unspecified atom stereocenters. The van der Waals surface area contributed by atoms with E-state index in [1.807, 2.05) is 38.1 Å². The molecule has 0 bridgehead atoms. The Morgan fingerprint density at radius 1 is 1.31 bits per heavy atom. The minimum absolute atomic E-state index is 0.109. The summed E-state index contributed by atoms with van der Waals surface area (Å²) in [5.74, 6) is 0.141. The van der Waals surface area contributed by atoms with Gasteiger partial charge in [-0.05, 0) is 20.9 Å². The van der Waals surface area contributed by atoms with Crippen LogP contribution in [0.5, 0.6) is 0 Å². The average Bonchev–Trinajstić information content (AvgIpc) is 2.17. The number of hydrogen-bond acceptors (Lipinski definition) is 2. The van der Waals surface area contributed by atoms with Gasteiger partial charge >= 0.3 is 0 Å². The largest absolute Gasteiger partial charge is 0.310 e. The van der Waals surface area contributed by atoms with Crippen LogP contribution in [0.3, 0.4) is 0 Å². The number of carbonyl (C=O) groups excluding carboxylic acids is 1. The molecular weight excluding hydrogens is 162 g/mol. The van der Waals surface area contributed by atoms with Gasteiger partial charge in [-0.2, -0.15) is 0 Å². The van der Waals surface area contributed by atoms with Crippen molar-refractivity contribution in [2.24, 2.45) is 0 Å². The SMILES string of the molecule is CN[C@@H](C)C(=O)c1ccc(C)cc1. The number of hydrogen-bond donors (Lipinski definition) is 1. The molecule has 0 fully saturated rings. The first-order chi connectivity index (χ1) is 6.15. The number of Topliss-reactive ketones (excluding diaryl/α,β-unsaturated/α-hetero) is 1. The number of ketones is 1. The Morgan fingerprint density at radius 3 is 2.31 bits per heavy atom. The van der Waals surface area contributed by atoms with Gasteiger partial charge in [0.25, 0.3) is 0 Å². The van der Waals surface area contributed by atoms with Gasteiger partial charge in [-0.15, -0.1) is 0 Å². The van der Waals surface area contributed by atoms with Gasteiger partial charge in [0.1, 0.15) is 0 Å². The lowest BCUT2D eigenvalue weighted by atomic mass is 10.0. The summed E-state index contributed by atoms with van der Waals surface area (Å²) in [5, 5.41) is 2.93. The lowest BCUT2D eigenvalue weighted by Crippen LogP contribution is -2.30. The van der Waals surface area contributed by atoms with Crippen molar-refractivity contribution in [2.75, 3.05) is 7.05 Å². The molecule has 1 N–H and O–H groups in total. The molecule has 0 aliphatic carbocycles. The van der Waals surface area contributed by atoms with Gasteiger partial charge in [-0.3, -0.25) is 4.79 Å². The van der Waals surface area contributed by atoms with E-state index in [0.717, 1.165) is 5.56 Å².